The Balaban J connectivity index is 1.40. The average molecular weight is 991 g/mol. The molecule has 1 aliphatic heterocycles. The number of aryl methyl sites for hydroxylation is 1. The molecule has 6 N–H and O–H groups in total. The van der Waals surface area contributed by atoms with Crippen molar-refractivity contribution in [1.82, 2.24) is 31.5 Å². The van der Waals surface area contributed by atoms with Crippen LogP contribution >= 0.6 is 0 Å². The van der Waals surface area contributed by atoms with Crippen LogP contribution in [-0.4, -0.2) is 110 Å². The van der Waals surface area contributed by atoms with Gasteiger partial charge in [0.1, 0.15) is 41.3 Å². The number of ether oxygens (including phenoxy) is 3. The van der Waals surface area contributed by atoms with Gasteiger partial charge >= 0.3 is 12.1 Å². The summed E-state index contributed by atoms with van der Waals surface area (Å²) in [6.45, 7) is 10.6. The van der Waals surface area contributed by atoms with Crippen LogP contribution in [0.2, 0.25) is 0 Å². The lowest BCUT2D eigenvalue weighted by molar-refractivity contribution is -0.144. The van der Waals surface area contributed by atoms with Crippen molar-refractivity contribution >= 4 is 41.6 Å². The topological polar surface area (TPSA) is 231 Å². The number of carboxylic acid groups (broad SMARTS) is 1. The maximum atomic E-state index is 14.9. The number of nitrogens with zero attached hydrogens (tertiary/aromatic N) is 1. The standard InChI is InChI=1S/C55H70N6O11/c1-10-11-14-35-16-19-37(20-17-35)38-21-23-39(24-22-38)50(64)57-32-33(2)48(62)59-43(15-12-13-28-56-54(69)72-55(4,5)6)52(66)61(7)47-40-25-27-46(71-9)42(31-40)41-29-36(18-26-45(41)70-8)30-44(53(67)68)60-49(63)34(3)58-51(47)65/h16-27,29,31,33-34,43-44,47H,10-15,28,30,32H2,1-9H3,(H,56,69)(H,57,64)(H,58,65)(H,59,62)(H,60,63)(H,67,68)/t33-,34+,43+,44+,47+/m1/s1. The third-order valence-electron chi connectivity index (χ3n) is 12.4. The van der Waals surface area contributed by atoms with Crippen LogP contribution in [0.1, 0.15) is 107 Å². The van der Waals surface area contributed by atoms with Crippen LogP contribution in [0, 0.1) is 5.92 Å². The van der Waals surface area contributed by atoms with Gasteiger partial charge in [-0.25, -0.2) is 9.59 Å². The van der Waals surface area contributed by atoms with Crippen LogP contribution < -0.4 is 36.1 Å². The molecule has 386 valence electrons. The van der Waals surface area contributed by atoms with Crippen LogP contribution in [0.4, 0.5) is 4.79 Å². The van der Waals surface area contributed by atoms with Crippen LogP contribution in [0.5, 0.6) is 11.5 Å². The SMILES string of the molecule is CCCCc1ccc(-c2ccc(C(=O)NC[C@@H](C)C(=O)N[C@@H](CCCCNC(=O)OC(C)(C)C)C(=O)N(C)[C@@H]3C(=O)N[C@@H](C)C(=O)N[C@H](C(=O)O)Cc4ccc(OC)c(c4)-c4cc3ccc4OC)cc2)cc1. The third kappa shape index (κ3) is 15.3. The van der Waals surface area contributed by atoms with E-state index in [2.05, 4.69) is 57.8 Å². The first-order chi connectivity index (χ1) is 34.2. The predicted octanol–water partition coefficient (Wildman–Crippen LogP) is 6.76. The Kier molecular flexibility index (Phi) is 19.7. The monoisotopic (exact) mass is 991 g/mol. The fourth-order valence-corrected chi connectivity index (χ4v) is 8.26. The van der Waals surface area contributed by atoms with Crippen molar-refractivity contribution < 1.29 is 52.9 Å². The molecule has 0 saturated heterocycles. The molecule has 0 spiro atoms. The van der Waals surface area contributed by atoms with Gasteiger partial charge in [-0.1, -0.05) is 68.8 Å². The molecule has 0 aromatic heterocycles. The van der Waals surface area contributed by atoms with Gasteiger partial charge in [0, 0.05) is 43.2 Å². The lowest BCUT2D eigenvalue weighted by Gasteiger charge is -2.33. The quantitative estimate of drug-likeness (QED) is 0.0538. The lowest BCUT2D eigenvalue weighted by atomic mass is 9.93. The van der Waals surface area contributed by atoms with Crippen LogP contribution in [0.3, 0.4) is 0 Å². The highest BCUT2D eigenvalue weighted by Gasteiger charge is 2.36. The minimum atomic E-state index is -1.41. The highest BCUT2D eigenvalue weighted by molar-refractivity contribution is 5.97. The smallest absolute Gasteiger partial charge is 0.407 e. The fourth-order valence-electron chi connectivity index (χ4n) is 8.26. The largest absolute Gasteiger partial charge is 0.496 e. The number of nitrogens with one attached hydrogen (secondary N) is 5. The Labute approximate surface area is 422 Å². The maximum absolute atomic E-state index is 14.9. The van der Waals surface area contributed by atoms with E-state index in [9.17, 15) is 38.7 Å². The van der Waals surface area contributed by atoms with Gasteiger partial charge in [0.15, 0.2) is 0 Å². The van der Waals surface area contributed by atoms with Gasteiger partial charge in [-0.05, 0) is 124 Å². The Morgan fingerprint density at radius 3 is 2.04 bits per heavy atom. The zero-order chi connectivity index (χ0) is 52.7. The number of likely N-dealkylation sites (N-methyl/N-ethyl adjacent to an activating group) is 1. The van der Waals surface area contributed by atoms with Gasteiger partial charge in [0.2, 0.25) is 23.6 Å². The Morgan fingerprint density at radius 2 is 1.43 bits per heavy atom. The van der Waals surface area contributed by atoms with Crippen LogP contribution in [0.15, 0.2) is 84.9 Å². The molecule has 1 aliphatic rings. The number of rotatable bonds is 19. The number of fused-ring (bicyclic) bond motifs is 5. The Bertz CT molecular complexity index is 2560. The predicted molar refractivity (Wildman–Crippen MR) is 273 cm³/mol. The number of carbonyl (C=O) groups is 7. The second-order valence-corrected chi connectivity index (χ2v) is 19.2. The number of alkyl carbamates (subject to hydrolysis) is 1. The molecule has 0 saturated carbocycles. The maximum Gasteiger partial charge on any atom is 0.407 e. The number of methoxy groups -OCH3 is 2. The normalized spacial score (nSPS) is 16.6. The van der Waals surface area contributed by atoms with E-state index < -0.39 is 71.4 Å². The first-order valence-electron chi connectivity index (χ1n) is 24.4. The van der Waals surface area contributed by atoms with Crippen molar-refractivity contribution in [3.8, 4) is 33.8 Å². The highest BCUT2D eigenvalue weighted by atomic mass is 16.6. The van der Waals surface area contributed by atoms with E-state index in [1.54, 1.807) is 76.2 Å². The molecule has 17 heteroatoms. The molecular formula is C55H70N6O11. The van der Waals surface area contributed by atoms with Crippen LogP contribution in [0.25, 0.3) is 22.3 Å². The number of carboxylic acids is 1. The average Bonchev–Trinajstić information content (AvgIpc) is 3.35. The van der Waals surface area contributed by atoms with Gasteiger partial charge in [-0.3, -0.25) is 24.0 Å². The van der Waals surface area contributed by atoms with Gasteiger partial charge in [0.05, 0.1) is 20.1 Å². The molecule has 17 nitrogen and oxygen atoms in total. The summed E-state index contributed by atoms with van der Waals surface area (Å²) >= 11 is 0. The number of hydrogen-bond acceptors (Lipinski definition) is 10. The summed E-state index contributed by atoms with van der Waals surface area (Å²) in [5.74, 6) is -4.43. The molecule has 4 bridgehead atoms. The molecular weight excluding hydrogens is 921 g/mol. The second kappa shape index (κ2) is 25.6. The zero-order valence-electron chi connectivity index (χ0n) is 42.8. The minimum absolute atomic E-state index is 0.0603. The third-order valence-corrected chi connectivity index (χ3v) is 12.4. The molecule has 0 fully saturated rings. The lowest BCUT2D eigenvalue weighted by Crippen LogP contribution is -2.55. The summed E-state index contributed by atoms with van der Waals surface area (Å²) in [4.78, 5) is 96.2. The number of amides is 6. The molecule has 72 heavy (non-hydrogen) atoms. The minimum Gasteiger partial charge on any atom is -0.496 e. The van der Waals surface area contributed by atoms with Crippen molar-refractivity contribution in [3.05, 3.63) is 107 Å². The summed E-state index contributed by atoms with van der Waals surface area (Å²) in [6.07, 6.45) is 3.40. The van der Waals surface area contributed by atoms with Gasteiger partial charge < -0.3 is 50.8 Å². The van der Waals surface area contributed by atoms with Crippen molar-refractivity contribution in [2.24, 2.45) is 5.92 Å². The molecule has 0 aliphatic carbocycles. The summed E-state index contributed by atoms with van der Waals surface area (Å²) in [5.41, 5.74) is 4.80. The zero-order valence-corrected chi connectivity index (χ0v) is 42.8. The molecule has 1 heterocycles. The molecule has 0 unspecified atom stereocenters. The number of aliphatic carboxylic acids is 1. The van der Waals surface area contributed by atoms with E-state index in [0.29, 0.717) is 52.2 Å². The number of benzene rings is 4. The molecule has 0 radical (unpaired) electrons. The van der Waals surface area contributed by atoms with Crippen molar-refractivity contribution in [3.63, 3.8) is 0 Å². The molecule has 4 aromatic carbocycles. The molecule has 5 atom stereocenters. The van der Waals surface area contributed by atoms with Crippen molar-refractivity contribution in [2.75, 3.05) is 34.4 Å². The summed E-state index contributed by atoms with van der Waals surface area (Å²) < 4.78 is 16.8. The number of unbranched alkanes of at least 4 members (excludes halogenated alkanes) is 2. The highest BCUT2D eigenvalue weighted by Crippen LogP contribution is 2.40. The number of hydrogen-bond donors (Lipinski definition) is 6. The van der Waals surface area contributed by atoms with E-state index >= 15 is 0 Å². The van der Waals surface area contributed by atoms with Crippen LogP contribution in [-0.2, 0) is 41.6 Å². The first-order valence-corrected chi connectivity index (χ1v) is 24.4. The van der Waals surface area contributed by atoms with E-state index in [-0.39, 0.29) is 31.8 Å². The van der Waals surface area contributed by atoms with E-state index in [0.717, 1.165) is 30.4 Å². The number of carbonyl (C=O) groups excluding carboxylic acids is 6. The fraction of sp³-hybridized carbons (Fsp3) is 0.436. The van der Waals surface area contributed by atoms with Crippen molar-refractivity contribution in [2.45, 2.75) is 116 Å². The van der Waals surface area contributed by atoms with E-state index in [1.165, 1.54) is 38.7 Å². The van der Waals surface area contributed by atoms with Gasteiger partial charge in [-0.2, -0.15) is 0 Å². The molecule has 4 aromatic rings. The van der Waals surface area contributed by atoms with Gasteiger partial charge in [0.25, 0.3) is 5.91 Å². The van der Waals surface area contributed by atoms with Gasteiger partial charge in [-0.15, -0.1) is 0 Å². The summed E-state index contributed by atoms with van der Waals surface area (Å²) in [5, 5.41) is 23.7. The first kappa shape index (κ1) is 55.5. The molecule has 5 rings (SSSR count). The van der Waals surface area contributed by atoms with E-state index in [1.807, 2.05) is 12.1 Å². The van der Waals surface area contributed by atoms with Crippen molar-refractivity contribution in [1.29, 1.82) is 0 Å². The Hall–Kier alpha value is -7.43. The Morgan fingerprint density at radius 1 is 0.806 bits per heavy atom. The summed E-state index contributed by atoms with van der Waals surface area (Å²) in [7, 11) is 4.36. The summed E-state index contributed by atoms with van der Waals surface area (Å²) in [6, 6.07) is 20.3. The van der Waals surface area contributed by atoms with E-state index in [4.69, 9.17) is 14.2 Å². The molecule has 6 amide bonds. The second-order valence-electron chi connectivity index (χ2n) is 19.2.